The SMILES string of the molecule is Cc1c(CC=O)c(-c2ccc(Cl)cc2)c2cc(C)n3c2c1OCC3. The number of aromatic nitrogens is 1. The highest BCUT2D eigenvalue weighted by molar-refractivity contribution is 6.30. The van der Waals surface area contributed by atoms with Crippen molar-refractivity contribution in [2.45, 2.75) is 26.8 Å². The van der Waals surface area contributed by atoms with Crippen LogP contribution in [0, 0.1) is 13.8 Å². The Labute approximate surface area is 145 Å². The number of aldehydes is 1. The van der Waals surface area contributed by atoms with Gasteiger partial charge in [0.05, 0.1) is 12.1 Å². The third-order valence-electron chi connectivity index (χ3n) is 4.87. The smallest absolute Gasteiger partial charge is 0.146 e. The fourth-order valence-corrected chi connectivity index (χ4v) is 3.89. The molecule has 1 aliphatic rings. The fraction of sp³-hybridized carbons (Fsp3) is 0.250. The van der Waals surface area contributed by atoms with Gasteiger partial charge in [-0.15, -0.1) is 0 Å². The summed E-state index contributed by atoms with van der Waals surface area (Å²) in [4.78, 5) is 11.3. The van der Waals surface area contributed by atoms with Crippen molar-refractivity contribution in [1.29, 1.82) is 0 Å². The number of halogens is 1. The summed E-state index contributed by atoms with van der Waals surface area (Å²) in [7, 11) is 0. The molecule has 0 N–H and O–H groups in total. The monoisotopic (exact) mass is 339 g/mol. The van der Waals surface area contributed by atoms with Crippen molar-refractivity contribution in [1.82, 2.24) is 4.57 Å². The van der Waals surface area contributed by atoms with Crippen molar-refractivity contribution < 1.29 is 9.53 Å². The number of hydrogen-bond acceptors (Lipinski definition) is 2. The summed E-state index contributed by atoms with van der Waals surface area (Å²) in [5.41, 5.74) is 6.63. The Morgan fingerprint density at radius 2 is 2.00 bits per heavy atom. The first-order valence-corrected chi connectivity index (χ1v) is 8.47. The maximum absolute atomic E-state index is 11.3. The highest BCUT2D eigenvalue weighted by atomic mass is 35.5. The van der Waals surface area contributed by atoms with Gasteiger partial charge in [0.15, 0.2) is 0 Å². The number of carbonyl (C=O) groups is 1. The predicted octanol–water partition coefficient (Wildman–Crippen LogP) is 4.71. The van der Waals surface area contributed by atoms with Crippen molar-refractivity contribution in [3.8, 4) is 16.9 Å². The van der Waals surface area contributed by atoms with Gasteiger partial charge in [0.2, 0.25) is 0 Å². The lowest BCUT2D eigenvalue weighted by atomic mass is 9.90. The average Bonchev–Trinajstić information content (AvgIpc) is 2.92. The Balaban J connectivity index is 2.14. The number of ether oxygens (including phenoxy) is 1. The van der Waals surface area contributed by atoms with Crippen molar-refractivity contribution in [2.24, 2.45) is 0 Å². The molecule has 0 bridgehead atoms. The summed E-state index contributed by atoms with van der Waals surface area (Å²) in [6, 6.07) is 10.0. The van der Waals surface area contributed by atoms with Gasteiger partial charge in [0, 0.05) is 22.5 Å². The number of carbonyl (C=O) groups excluding carboxylic acids is 1. The molecule has 0 saturated carbocycles. The zero-order valence-corrected chi connectivity index (χ0v) is 14.5. The summed E-state index contributed by atoms with van der Waals surface area (Å²) in [5.74, 6) is 0.916. The molecule has 0 amide bonds. The Morgan fingerprint density at radius 3 is 2.71 bits per heavy atom. The van der Waals surface area contributed by atoms with Crippen LogP contribution >= 0.6 is 11.6 Å². The van der Waals surface area contributed by atoms with E-state index in [0.29, 0.717) is 18.1 Å². The Kier molecular flexibility index (Phi) is 3.61. The van der Waals surface area contributed by atoms with Crippen LogP contribution in [0.5, 0.6) is 5.75 Å². The molecule has 3 nitrogen and oxygen atoms in total. The zero-order valence-electron chi connectivity index (χ0n) is 13.7. The van der Waals surface area contributed by atoms with E-state index < -0.39 is 0 Å². The van der Waals surface area contributed by atoms with Gasteiger partial charge in [-0.05, 0) is 54.3 Å². The lowest BCUT2D eigenvalue weighted by Crippen LogP contribution is -2.16. The number of nitrogens with zero attached hydrogens (tertiary/aromatic N) is 1. The molecule has 0 aliphatic carbocycles. The number of rotatable bonds is 3. The number of hydrogen-bond donors (Lipinski definition) is 0. The first-order valence-electron chi connectivity index (χ1n) is 8.09. The molecular formula is C20H18ClNO2. The van der Waals surface area contributed by atoms with Crippen LogP contribution in [-0.4, -0.2) is 17.5 Å². The highest BCUT2D eigenvalue weighted by Crippen LogP contribution is 2.44. The van der Waals surface area contributed by atoms with E-state index >= 15 is 0 Å². The van der Waals surface area contributed by atoms with Gasteiger partial charge in [0.25, 0.3) is 0 Å². The van der Waals surface area contributed by atoms with Crippen LogP contribution in [0.2, 0.25) is 5.02 Å². The fourth-order valence-electron chi connectivity index (χ4n) is 3.77. The van der Waals surface area contributed by atoms with Crippen LogP contribution in [0.15, 0.2) is 30.3 Å². The van der Waals surface area contributed by atoms with Gasteiger partial charge < -0.3 is 14.1 Å². The number of benzene rings is 2. The van der Waals surface area contributed by atoms with Crippen LogP contribution in [0.3, 0.4) is 0 Å². The average molecular weight is 340 g/mol. The molecule has 4 heteroatoms. The molecular weight excluding hydrogens is 322 g/mol. The molecule has 0 atom stereocenters. The van der Waals surface area contributed by atoms with Crippen LogP contribution in [-0.2, 0) is 17.8 Å². The van der Waals surface area contributed by atoms with Gasteiger partial charge in [-0.3, -0.25) is 0 Å². The van der Waals surface area contributed by atoms with Crippen LogP contribution in [0.4, 0.5) is 0 Å². The minimum absolute atomic E-state index is 0.375. The second-order valence-electron chi connectivity index (χ2n) is 6.23. The first-order chi connectivity index (χ1) is 11.6. The summed E-state index contributed by atoms with van der Waals surface area (Å²) < 4.78 is 8.29. The molecule has 122 valence electrons. The predicted molar refractivity (Wildman–Crippen MR) is 97.1 cm³/mol. The summed E-state index contributed by atoms with van der Waals surface area (Å²) in [6.07, 6.45) is 1.34. The van der Waals surface area contributed by atoms with E-state index in [2.05, 4.69) is 17.6 Å². The lowest BCUT2D eigenvalue weighted by Gasteiger charge is -2.24. The molecule has 0 saturated heterocycles. The van der Waals surface area contributed by atoms with Crippen molar-refractivity contribution in [3.63, 3.8) is 0 Å². The van der Waals surface area contributed by atoms with Gasteiger partial charge in [-0.25, -0.2) is 0 Å². The van der Waals surface area contributed by atoms with Crippen molar-refractivity contribution in [3.05, 3.63) is 52.2 Å². The number of aryl methyl sites for hydroxylation is 1. The zero-order chi connectivity index (χ0) is 16.8. The van der Waals surface area contributed by atoms with E-state index in [1.54, 1.807) is 0 Å². The van der Waals surface area contributed by atoms with E-state index in [1.165, 1.54) is 5.69 Å². The lowest BCUT2D eigenvalue weighted by molar-refractivity contribution is -0.107. The van der Waals surface area contributed by atoms with E-state index in [9.17, 15) is 4.79 Å². The summed E-state index contributed by atoms with van der Waals surface area (Å²) in [5, 5.41) is 1.85. The second kappa shape index (κ2) is 5.67. The quantitative estimate of drug-likeness (QED) is 0.647. The molecule has 2 heterocycles. The molecule has 0 spiro atoms. The molecule has 3 aromatic rings. The molecule has 4 rings (SSSR count). The van der Waals surface area contributed by atoms with E-state index in [0.717, 1.165) is 51.7 Å². The van der Waals surface area contributed by atoms with Crippen molar-refractivity contribution in [2.75, 3.05) is 6.61 Å². The maximum Gasteiger partial charge on any atom is 0.146 e. The minimum Gasteiger partial charge on any atom is -0.489 e. The molecule has 0 fully saturated rings. The van der Waals surface area contributed by atoms with Gasteiger partial charge in [0.1, 0.15) is 18.6 Å². The molecule has 0 unspecified atom stereocenters. The van der Waals surface area contributed by atoms with Crippen LogP contribution in [0.1, 0.15) is 16.8 Å². The highest BCUT2D eigenvalue weighted by Gasteiger charge is 2.25. The normalized spacial score (nSPS) is 13.1. The van der Waals surface area contributed by atoms with Gasteiger partial charge >= 0.3 is 0 Å². The van der Waals surface area contributed by atoms with E-state index in [4.69, 9.17) is 16.3 Å². The topological polar surface area (TPSA) is 31.2 Å². The maximum atomic E-state index is 11.3. The first kappa shape index (κ1) is 15.3. The minimum atomic E-state index is 0.375. The van der Waals surface area contributed by atoms with Crippen LogP contribution in [0.25, 0.3) is 22.0 Å². The van der Waals surface area contributed by atoms with Crippen LogP contribution < -0.4 is 4.74 Å². The van der Waals surface area contributed by atoms with E-state index in [1.807, 2.05) is 31.2 Å². The molecule has 2 aromatic carbocycles. The third-order valence-corrected chi connectivity index (χ3v) is 5.12. The van der Waals surface area contributed by atoms with E-state index in [-0.39, 0.29) is 0 Å². The largest absolute Gasteiger partial charge is 0.489 e. The summed E-state index contributed by atoms with van der Waals surface area (Å²) >= 11 is 6.06. The Hall–Kier alpha value is -2.26. The molecule has 24 heavy (non-hydrogen) atoms. The standard InChI is InChI=1S/C20H18ClNO2/c1-12-11-17-18(14-3-5-15(21)6-4-14)16(7-9-23)13(2)20-19(17)22(12)8-10-24-20/h3-6,9,11H,7-8,10H2,1-2H3. The van der Waals surface area contributed by atoms with Crippen molar-refractivity contribution >= 4 is 28.8 Å². The molecule has 0 radical (unpaired) electrons. The van der Waals surface area contributed by atoms with Gasteiger partial charge in [-0.2, -0.15) is 0 Å². The molecule has 1 aliphatic heterocycles. The van der Waals surface area contributed by atoms with Gasteiger partial charge in [-0.1, -0.05) is 23.7 Å². The third kappa shape index (κ3) is 2.15. The molecule has 1 aromatic heterocycles. The second-order valence-corrected chi connectivity index (χ2v) is 6.67. The Bertz CT molecular complexity index is 954. The summed E-state index contributed by atoms with van der Waals surface area (Å²) in [6.45, 7) is 5.69. The Morgan fingerprint density at radius 1 is 1.25 bits per heavy atom.